The van der Waals surface area contributed by atoms with Gasteiger partial charge in [0.25, 0.3) is 0 Å². The number of rotatable bonds is 1. The summed E-state index contributed by atoms with van der Waals surface area (Å²) in [5, 5.41) is 8.60. The van der Waals surface area contributed by atoms with Crippen molar-refractivity contribution in [2.24, 2.45) is 5.92 Å². The first-order valence-electron chi connectivity index (χ1n) is 3.96. The summed E-state index contributed by atoms with van der Waals surface area (Å²) >= 11 is 0. The number of allylic oxidation sites excluding steroid dienone is 2. The molecule has 0 spiro atoms. The van der Waals surface area contributed by atoms with Crippen LogP contribution in [0.15, 0.2) is 11.6 Å². The molecule has 0 saturated carbocycles. The first-order valence-corrected chi connectivity index (χ1v) is 3.96. The first kappa shape index (κ1) is 10.5. The second-order valence-corrected chi connectivity index (χ2v) is 3.13. The van der Waals surface area contributed by atoms with Crippen molar-refractivity contribution in [1.82, 2.24) is 0 Å². The van der Waals surface area contributed by atoms with Gasteiger partial charge in [0.1, 0.15) is 6.17 Å². The number of hydrogen-bond donors (Lipinski definition) is 1. The molecular weight excluding hydrogens is 188 g/mol. The molecule has 1 N–H and O–H groups in total. The normalized spacial score (nSPS) is 30.1. The van der Waals surface area contributed by atoms with E-state index in [2.05, 4.69) is 0 Å². The topological polar surface area (TPSA) is 20.2 Å². The number of halogens is 4. The zero-order valence-electron chi connectivity index (χ0n) is 6.81. The van der Waals surface area contributed by atoms with E-state index >= 15 is 0 Å². The highest BCUT2D eigenvalue weighted by Crippen LogP contribution is 2.36. The van der Waals surface area contributed by atoms with Crippen molar-refractivity contribution in [3.63, 3.8) is 0 Å². The maximum absolute atomic E-state index is 12.9. The predicted molar refractivity (Wildman–Crippen MR) is 38.8 cm³/mol. The summed E-state index contributed by atoms with van der Waals surface area (Å²) in [7, 11) is 0. The van der Waals surface area contributed by atoms with Crippen molar-refractivity contribution in [3.8, 4) is 0 Å². The lowest BCUT2D eigenvalue weighted by molar-refractivity contribution is -0.0987. The maximum Gasteiger partial charge on any atom is 0.412 e. The van der Waals surface area contributed by atoms with Gasteiger partial charge in [-0.1, -0.05) is 6.08 Å². The molecule has 0 aromatic heterocycles. The van der Waals surface area contributed by atoms with E-state index in [9.17, 15) is 17.6 Å². The van der Waals surface area contributed by atoms with Crippen molar-refractivity contribution in [2.75, 3.05) is 6.61 Å². The molecule has 1 nitrogen and oxygen atoms in total. The Kier molecular flexibility index (Phi) is 2.95. The van der Waals surface area contributed by atoms with Gasteiger partial charge in [0, 0.05) is 24.5 Å². The van der Waals surface area contributed by atoms with E-state index in [-0.39, 0.29) is 6.42 Å². The van der Waals surface area contributed by atoms with Crippen LogP contribution in [0.3, 0.4) is 0 Å². The van der Waals surface area contributed by atoms with Crippen molar-refractivity contribution in [1.29, 1.82) is 0 Å². The third-order valence-corrected chi connectivity index (χ3v) is 2.19. The second kappa shape index (κ2) is 3.65. The molecule has 0 aromatic carbocycles. The molecule has 1 aliphatic rings. The number of alkyl halides is 4. The van der Waals surface area contributed by atoms with Gasteiger partial charge in [-0.15, -0.1) is 0 Å². The van der Waals surface area contributed by atoms with Crippen LogP contribution in [0, 0.1) is 5.92 Å². The predicted octanol–water partition coefficient (Wildman–Crippen LogP) is 2.22. The molecule has 1 rings (SSSR count). The number of aliphatic hydroxyl groups is 1. The van der Waals surface area contributed by atoms with E-state index < -0.39 is 36.9 Å². The molecule has 0 amide bonds. The van der Waals surface area contributed by atoms with Crippen LogP contribution in [0.1, 0.15) is 12.8 Å². The van der Waals surface area contributed by atoms with Gasteiger partial charge in [-0.05, 0) is 6.42 Å². The highest BCUT2D eigenvalue weighted by molar-refractivity contribution is 5.14. The van der Waals surface area contributed by atoms with Crippen LogP contribution >= 0.6 is 0 Å². The van der Waals surface area contributed by atoms with E-state index in [0.29, 0.717) is 0 Å². The molecule has 5 heteroatoms. The fourth-order valence-electron chi connectivity index (χ4n) is 1.32. The largest absolute Gasteiger partial charge is 0.412 e. The van der Waals surface area contributed by atoms with Gasteiger partial charge < -0.3 is 5.11 Å². The molecule has 76 valence electrons. The first-order chi connectivity index (χ1) is 5.95. The van der Waals surface area contributed by atoms with Gasteiger partial charge in [0.15, 0.2) is 0 Å². The Bertz CT molecular complexity index is 209. The Labute approximate surface area is 73.1 Å². The van der Waals surface area contributed by atoms with Crippen molar-refractivity contribution in [2.45, 2.75) is 25.2 Å². The third kappa shape index (κ3) is 2.43. The summed E-state index contributed by atoms with van der Waals surface area (Å²) in [4.78, 5) is 0. The van der Waals surface area contributed by atoms with E-state index in [4.69, 9.17) is 5.11 Å². The summed E-state index contributed by atoms with van der Waals surface area (Å²) in [6.07, 6.45) is -5.70. The molecule has 2 atom stereocenters. The highest BCUT2D eigenvalue weighted by Gasteiger charge is 2.38. The van der Waals surface area contributed by atoms with Gasteiger partial charge >= 0.3 is 6.18 Å². The van der Waals surface area contributed by atoms with Crippen LogP contribution in [-0.2, 0) is 0 Å². The molecule has 0 heterocycles. The molecule has 0 bridgehead atoms. The lowest BCUT2D eigenvalue weighted by atomic mass is 9.88. The monoisotopic (exact) mass is 198 g/mol. The smallest absolute Gasteiger partial charge is 0.396 e. The fraction of sp³-hybridized carbons (Fsp3) is 0.750. The van der Waals surface area contributed by atoms with Crippen molar-refractivity contribution < 1.29 is 22.7 Å². The van der Waals surface area contributed by atoms with Crippen LogP contribution < -0.4 is 0 Å². The van der Waals surface area contributed by atoms with Crippen LogP contribution in [0.5, 0.6) is 0 Å². The Balaban J connectivity index is 2.69. The van der Waals surface area contributed by atoms with Crippen molar-refractivity contribution >= 4 is 0 Å². The Morgan fingerprint density at radius 2 is 2.08 bits per heavy atom. The fourth-order valence-corrected chi connectivity index (χ4v) is 1.32. The number of aliphatic hydroxyl groups excluding tert-OH is 1. The van der Waals surface area contributed by atoms with E-state index in [1.165, 1.54) is 0 Å². The lowest BCUT2D eigenvalue weighted by Gasteiger charge is -2.25. The molecule has 1 aliphatic carbocycles. The van der Waals surface area contributed by atoms with Gasteiger partial charge in [0.2, 0.25) is 0 Å². The Morgan fingerprint density at radius 3 is 2.46 bits per heavy atom. The van der Waals surface area contributed by atoms with Crippen molar-refractivity contribution in [3.05, 3.63) is 11.6 Å². The minimum Gasteiger partial charge on any atom is -0.396 e. The SMILES string of the molecule is OCC1CC=C(C(F)(F)F)CC1F. The Hall–Kier alpha value is -0.580. The molecule has 13 heavy (non-hydrogen) atoms. The van der Waals surface area contributed by atoms with Gasteiger partial charge in [-0.3, -0.25) is 0 Å². The molecule has 2 unspecified atom stereocenters. The van der Waals surface area contributed by atoms with E-state index in [1.54, 1.807) is 0 Å². The maximum atomic E-state index is 12.9. The molecule has 0 saturated heterocycles. The lowest BCUT2D eigenvalue weighted by Crippen LogP contribution is -2.28. The standard InChI is InChI=1S/C8H10F4O/c9-7-3-6(8(10,11)12)2-1-5(7)4-13/h2,5,7,13H,1,3-4H2. The molecular formula is C8H10F4O. The summed E-state index contributed by atoms with van der Waals surface area (Å²) < 4.78 is 49.1. The van der Waals surface area contributed by atoms with E-state index in [0.717, 1.165) is 6.08 Å². The average Bonchev–Trinajstić information content (AvgIpc) is 2.02. The molecule has 0 fully saturated rings. The van der Waals surface area contributed by atoms with Crippen LogP contribution in [0.4, 0.5) is 17.6 Å². The Morgan fingerprint density at radius 1 is 1.46 bits per heavy atom. The summed E-state index contributed by atoms with van der Waals surface area (Å²) in [6, 6.07) is 0. The summed E-state index contributed by atoms with van der Waals surface area (Å²) in [6.45, 7) is -0.400. The average molecular weight is 198 g/mol. The molecule has 0 radical (unpaired) electrons. The summed E-state index contributed by atoms with van der Waals surface area (Å²) in [5.74, 6) is -0.675. The van der Waals surface area contributed by atoms with Gasteiger partial charge in [-0.25, -0.2) is 4.39 Å². The van der Waals surface area contributed by atoms with E-state index in [1.807, 2.05) is 0 Å². The zero-order chi connectivity index (χ0) is 10.1. The zero-order valence-corrected chi connectivity index (χ0v) is 6.81. The van der Waals surface area contributed by atoms with Gasteiger partial charge in [0.05, 0.1) is 0 Å². The number of hydrogen-bond acceptors (Lipinski definition) is 1. The minimum atomic E-state index is -4.43. The second-order valence-electron chi connectivity index (χ2n) is 3.13. The van der Waals surface area contributed by atoms with Crippen LogP contribution in [0.25, 0.3) is 0 Å². The van der Waals surface area contributed by atoms with Gasteiger partial charge in [-0.2, -0.15) is 13.2 Å². The highest BCUT2D eigenvalue weighted by atomic mass is 19.4. The minimum absolute atomic E-state index is 0.0352. The third-order valence-electron chi connectivity index (χ3n) is 2.19. The quantitative estimate of drug-likeness (QED) is 0.506. The van der Waals surface area contributed by atoms with Crippen LogP contribution in [-0.4, -0.2) is 24.1 Å². The molecule has 0 aliphatic heterocycles. The summed E-state index contributed by atoms with van der Waals surface area (Å²) in [5.41, 5.74) is -0.815. The molecule has 0 aromatic rings. The van der Waals surface area contributed by atoms with Crippen LogP contribution in [0.2, 0.25) is 0 Å².